The SMILES string of the molecule is C[C@@H](O)[C@@H](CCc1cccc2ccccc12)n1cnc(C(N)=O)c1. The number of aliphatic hydroxyl groups excluding tert-OH is 1. The van der Waals surface area contributed by atoms with Crippen molar-refractivity contribution >= 4 is 16.7 Å². The quantitative estimate of drug-likeness (QED) is 0.732. The van der Waals surface area contributed by atoms with Gasteiger partial charge in [0.05, 0.1) is 18.5 Å². The van der Waals surface area contributed by atoms with Gasteiger partial charge in [0.15, 0.2) is 0 Å². The Labute approximate surface area is 140 Å². The molecule has 0 unspecified atom stereocenters. The monoisotopic (exact) mass is 323 g/mol. The minimum atomic E-state index is -0.563. The lowest BCUT2D eigenvalue weighted by atomic mass is 9.97. The van der Waals surface area contributed by atoms with Crippen LogP contribution in [0.2, 0.25) is 0 Å². The summed E-state index contributed by atoms with van der Waals surface area (Å²) in [6, 6.07) is 14.4. The molecule has 2 atom stereocenters. The molecule has 0 spiro atoms. The number of aliphatic hydroxyl groups is 1. The summed E-state index contributed by atoms with van der Waals surface area (Å²) < 4.78 is 1.77. The predicted molar refractivity (Wildman–Crippen MR) is 93.7 cm³/mol. The summed E-state index contributed by atoms with van der Waals surface area (Å²) in [7, 11) is 0. The van der Waals surface area contributed by atoms with Crippen molar-refractivity contribution in [2.45, 2.75) is 31.9 Å². The van der Waals surface area contributed by atoms with Crippen molar-refractivity contribution in [3.8, 4) is 0 Å². The van der Waals surface area contributed by atoms with Gasteiger partial charge < -0.3 is 15.4 Å². The Morgan fingerprint density at radius 3 is 2.71 bits per heavy atom. The second-order valence-corrected chi connectivity index (χ2v) is 6.06. The van der Waals surface area contributed by atoms with E-state index in [1.165, 1.54) is 16.3 Å². The first-order chi connectivity index (χ1) is 11.6. The number of fused-ring (bicyclic) bond motifs is 1. The van der Waals surface area contributed by atoms with Crippen LogP contribution in [0.5, 0.6) is 0 Å². The maximum Gasteiger partial charge on any atom is 0.268 e. The minimum absolute atomic E-state index is 0.162. The van der Waals surface area contributed by atoms with Crippen molar-refractivity contribution in [2.75, 3.05) is 0 Å². The molecular formula is C19H21N3O2. The molecule has 2 aromatic carbocycles. The number of hydrogen-bond acceptors (Lipinski definition) is 3. The van der Waals surface area contributed by atoms with Crippen LogP contribution in [0, 0.1) is 0 Å². The summed E-state index contributed by atoms with van der Waals surface area (Å²) in [5.74, 6) is -0.563. The zero-order valence-corrected chi connectivity index (χ0v) is 13.6. The Morgan fingerprint density at radius 1 is 1.25 bits per heavy atom. The molecule has 124 valence electrons. The number of aryl methyl sites for hydroxylation is 1. The van der Waals surface area contributed by atoms with Gasteiger partial charge in [0.25, 0.3) is 5.91 Å². The average molecular weight is 323 g/mol. The van der Waals surface area contributed by atoms with Gasteiger partial charge in [-0.15, -0.1) is 0 Å². The number of rotatable bonds is 6. The Kier molecular flexibility index (Phi) is 4.62. The third kappa shape index (κ3) is 3.31. The van der Waals surface area contributed by atoms with Crippen LogP contribution in [0.4, 0.5) is 0 Å². The van der Waals surface area contributed by atoms with Gasteiger partial charge in [-0.3, -0.25) is 4.79 Å². The van der Waals surface area contributed by atoms with E-state index in [2.05, 4.69) is 35.3 Å². The van der Waals surface area contributed by atoms with Crippen LogP contribution in [0.3, 0.4) is 0 Å². The van der Waals surface area contributed by atoms with Gasteiger partial charge in [-0.2, -0.15) is 0 Å². The van der Waals surface area contributed by atoms with Crippen molar-refractivity contribution in [2.24, 2.45) is 5.73 Å². The first kappa shape index (κ1) is 16.2. The summed E-state index contributed by atoms with van der Waals surface area (Å²) in [5, 5.41) is 12.6. The molecule has 0 bridgehead atoms. The van der Waals surface area contributed by atoms with E-state index in [1.807, 2.05) is 12.1 Å². The highest BCUT2D eigenvalue weighted by Gasteiger charge is 2.19. The number of nitrogens with two attached hydrogens (primary N) is 1. The fraction of sp³-hybridized carbons (Fsp3) is 0.263. The first-order valence-electron chi connectivity index (χ1n) is 8.04. The lowest BCUT2D eigenvalue weighted by Crippen LogP contribution is -2.21. The highest BCUT2D eigenvalue weighted by molar-refractivity contribution is 5.90. The summed E-state index contributed by atoms with van der Waals surface area (Å²) in [6.45, 7) is 1.75. The van der Waals surface area contributed by atoms with Gasteiger partial charge in [0, 0.05) is 6.20 Å². The van der Waals surface area contributed by atoms with Crippen LogP contribution < -0.4 is 5.73 Å². The Hall–Kier alpha value is -2.66. The molecule has 1 amide bonds. The fourth-order valence-corrected chi connectivity index (χ4v) is 3.10. The maximum absolute atomic E-state index is 11.2. The van der Waals surface area contributed by atoms with Gasteiger partial charge in [-0.25, -0.2) is 4.98 Å². The second kappa shape index (κ2) is 6.84. The third-order valence-electron chi connectivity index (χ3n) is 4.38. The van der Waals surface area contributed by atoms with Crippen LogP contribution in [-0.2, 0) is 6.42 Å². The van der Waals surface area contributed by atoms with Crippen LogP contribution >= 0.6 is 0 Å². The zero-order chi connectivity index (χ0) is 17.1. The highest BCUT2D eigenvalue weighted by atomic mass is 16.3. The van der Waals surface area contributed by atoms with Gasteiger partial charge in [0.1, 0.15) is 5.69 Å². The number of benzene rings is 2. The molecule has 0 saturated heterocycles. The molecule has 0 aliphatic heterocycles. The molecule has 3 N–H and O–H groups in total. The molecule has 5 nitrogen and oxygen atoms in total. The molecule has 0 radical (unpaired) electrons. The minimum Gasteiger partial charge on any atom is -0.391 e. The van der Waals surface area contributed by atoms with E-state index in [4.69, 9.17) is 5.73 Å². The Balaban J connectivity index is 1.82. The van der Waals surface area contributed by atoms with Crippen molar-refractivity contribution in [1.29, 1.82) is 0 Å². The Bertz CT molecular complexity index is 849. The maximum atomic E-state index is 11.2. The lowest BCUT2D eigenvalue weighted by Gasteiger charge is -2.21. The van der Waals surface area contributed by atoms with Crippen LogP contribution in [0.25, 0.3) is 10.8 Å². The number of primary amides is 1. The topological polar surface area (TPSA) is 81.1 Å². The smallest absolute Gasteiger partial charge is 0.268 e. The number of aromatic nitrogens is 2. The van der Waals surface area contributed by atoms with Crippen LogP contribution in [-0.4, -0.2) is 26.7 Å². The van der Waals surface area contributed by atoms with Crippen molar-refractivity contribution in [1.82, 2.24) is 9.55 Å². The first-order valence-corrected chi connectivity index (χ1v) is 8.04. The third-order valence-corrected chi connectivity index (χ3v) is 4.38. The number of carbonyl (C=O) groups excluding carboxylic acids is 1. The largest absolute Gasteiger partial charge is 0.391 e. The average Bonchev–Trinajstić information content (AvgIpc) is 3.05. The number of amides is 1. The predicted octanol–water partition coefficient (Wildman–Crippen LogP) is 2.69. The fourth-order valence-electron chi connectivity index (χ4n) is 3.10. The molecule has 0 aliphatic rings. The highest BCUT2D eigenvalue weighted by Crippen LogP contribution is 2.24. The van der Waals surface area contributed by atoms with E-state index >= 15 is 0 Å². The molecule has 5 heteroatoms. The molecule has 0 fully saturated rings. The van der Waals surface area contributed by atoms with Crippen molar-refractivity contribution in [3.05, 3.63) is 66.2 Å². The number of nitrogens with zero attached hydrogens (tertiary/aromatic N) is 2. The molecule has 0 saturated carbocycles. The number of hydrogen-bond donors (Lipinski definition) is 2. The van der Waals surface area contributed by atoms with Crippen LogP contribution in [0.15, 0.2) is 55.0 Å². The summed E-state index contributed by atoms with van der Waals surface area (Å²) in [5.41, 5.74) is 6.71. The van der Waals surface area contributed by atoms with Gasteiger partial charge in [-0.1, -0.05) is 42.5 Å². The molecule has 1 heterocycles. The lowest BCUT2D eigenvalue weighted by molar-refractivity contribution is 0.0994. The van der Waals surface area contributed by atoms with Crippen molar-refractivity contribution in [3.63, 3.8) is 0 Å². The van der Waals surface area contributed by atoms with Gasteiger partial charge in [0.2, 0.25) is 0 Å². The number of imidazole rings is 1. The summed E-state index contributed by atoms with van der Waals surface area (Å²) in [4.78, 5) is 15.2. The summed E-state index contributed by atoms with van der Waals surface area (Å²) >= 11 is 0. The Morgan fingerprint density at radius 2 is 2.00 bits per heavy atom. The summed E-state index contributed by atoms with van der Waals surface area (Å²) in [6.07, 6.45) is 4.15. The standard InChI is InChI=1S/C19H21N3O2/c1-13(23)18(22-11-17(19(20)24)21-12-22)10-9-15-7-4-6-14-5-2-3-8-16(14)15/h2-8,11-13,18,23H,9-10H2,1H3,(H2,20,24)/t13-,18-/m1/s1. The van der Waals surface area contributed by atoms with E-state index in [0.29, 0.717) is 0 Å². The van der Waals surface area contributed by atoms with E-state index in [1.54, 1.807) is 24.0 Å². The molecular weight excluding hydrogens is 302 g/mol. The van der Waals surface area contributed by atoms with E-state index in [0.717, 1.165) is 12.8 Å². The molecule has 3 aromatic rings. The molecule has 0 aliphatic carbocycles. The normalized spacial score (nSPS) is 13.8. The van der Waals surface area contributed by atoms with E-state index in [9.17, 15) is 9.90 Å². The molecule has 1 aromatic heterocycles. The second-order valence-electron chi connectivity index (χ2n) is 6.06. The van der Waals surface area contributed by atoms with E-state index < -0.39 is 12.0 Å². The zero-order valence-electron chi connectivity index (χ0n) is 13.6. The van der Waals surface area contributed by atoms with Crippen LogP contribution in [0.1, 0.15) is 35.4 Å². The van der Waals surface area contributed by atoms with Gasteiger partial charge >= 0.3 is 0 Å². The number of carbonyl (C=O) groups is 1. The molecule has 3 rings (SSSR count). The van der Waals surface area contributed by atoms with E-state index in [-0.39, 0.29) is 11.7 Å². The molecule has 24 heavy (non-hydrogen) atoms. The van der Waals surface area contributed by atoms with Gasteiger partial charge in [-0.05, 0) is 36.1 Å². The van der Waals surface area contributed by atoms with Crippen molar-refractivity contribution < 1.29 is 9.90 Å².